The zero-order valence-electron chi connectivity index (χ0n) is 11.3. The van der Waals surface area contributed by atoms with Gasteiger partial charge < -0.3 is 5.32 Å². The number of nitriles is 1. The van der Waals surface area contributed by atoms with Crippen molar-refractivity contribution >= 4 is 15.9 Å². The molecular weight excluding hydrogens is 297 g/mol. The van der Waals surface area contributed by atoms with Gasteiger partial charge in [-0.25, -0.2) is 12.8 Å². The van der Waals surface area contributed by atoms with Gasteiger partial charge in [-0.1, -0.05) is 0 Å². The Morgan fingerprint density at radius 1 is 1.52 bits per heavy atom. The molecule has 1 fully saturated rings. The van der Waals surface area contributed by atoms with Gasteiger partial charge in [0, 0.05) is 13.1 Å². The molecule has 0 aliphatic heterocycles. The molecule has 0 aromatic heterocycles. The van der Waals surface area contributed by atoms with Gasteiger partial charge in [0.25, 0.3) is 0 Å². The monoisotopic (exact) mass is 311 g/mol. The minimum absolute atomic E-state index is 0.143. The van der Waals surface area contributed by atoms with E-state index in [0.717, 1.165) is 35.3 Å². The van der Waals surface area contributed by atoms with E-state index in [-0.39, 0.29) is 29.0 Å². The Kier molecular flexibility index (Phi) is 4.25. The predicted octanol–water partition coefficient (Wildman–Crippen LogP) is 0.596. The van der Waals surface area contributed by atoms with Crippen LogP contribution in [-0.4, -0.2) is 38.3 Å². The molecular formula is C13H14FN3O3S. The fraction of sp³-hybridized carbons (Fsp3) is 0.385. The number of halogens is 1. The highest BCUT2D eigenvalue weighted by molar-refractivity contribution is 7.89. The van der Waals surface area contributed by atoms with Crippen LogP contribution in [0.25, 0.3) is 0 Å². The third-order valence-corrected chi connectivity index (χ3v) is 4.87. The number of carbonyl (C=O) groups excluding carboxylic acids is 1. The average molecular weight is 311 g/mol. The maximum absolute atomic E-state index is 13.2. The van der Waals surface area contributed by atoms with Gasteiger partial charge in [0.15, 0.2) is 0 Å². The largest absolute Gasteiger partial charge is 0.352 e. The number of carbonyl (C=O) groups is 1. The lowest BCUT2D eigenvalue weighted by molar-refractivity contribution is -0.121. The molecule has 0 spiro atoms. The van der Waals surface area contributed by atoms with Gasteiger partial charge in [-0.15, -0.1) is 0 Å². The van der Waals surface area contributed by atoms with Crippen molar-refractivity contribution in [2.24, 2.45) is 0 Å². The number of likely N-dealkylation sites (N-methyl/N-ethyl adjacent to an activating group) is 1. The molecule has 1 aromatic carbocycles. The fourth-order valence-corrected chi connectivity index (χ4v) is 2.87. The normalized spacial score (nSPS) is 14.8. The van der Waals surface area contributed by atoms with Crippen LogP contribution in [0.3, 0.4) is 0 Å². The first-order chi connectivity index (χ1) is 9.84. The third-order valence-electron chi connectivity index (χ3n) is 3.08. The number of rotatable bonds is 5. The first kappa shape index (κ1) is 15.4. The molecule has 0 bridgehead atoms. The van der Waals surface area contributed by atoms with Crippen LogP contribution in [-0.2, 0) is 14.8 Å². The van der Waals surface area contributed by atoms with Gasteiger partial charge >= 0.3 is 0 Å². The fourth-order valence-electron chi connectivity index (χ4n) is 1.72. The van der Waals surface area contributed by atoms with Gasteiger partial charge in [-0.2, -0.15) is 9.57 Å². The summed E-state index contributed by atoms with van der Waals surface area (Å²) in [6, 6.07) is 4.68. The molecule has 112 valence electrons. The van der Waals surface area contributed by atoms with Crippen LogP contribution in [0.5, 0.6) is 0 Å². The zero-order chi connectivity index (χ0) is 15.6. The molecule has 0 unspecified atom stereocenters. The number of hydrogen-bond donors (Lipinski definition) is 1. The molecule has 8 heteroatoms. The Morgan fingerprint density at radius 3 is 2.76 bits per heavy atom. The highest BCUT2D eigenvalue weighted by Gasteiger charge is 2.27. The Balaban J connectivity index is 2.16. The van der Waals surface area contributed by atoms with E-state index in [2.05, 4.69) is 5.32 Å². The number of nitrogens with one attached hydrogen (secondary N) is 1. The lowest BCUT2D eigenvalue weighted by atomic mass is 10.2. The minimum atomic E-state index is -3.94. The highest BCUT2D eigenvalue weighted by atomic mass is 32.2. The smallest absolute Gasteiger partial charge is 0.243 e. The summed E-state index contributed by atoms with van der Waals surface area (Å²) in [4.78, 5) is 11.4. The number of amides is 1. The van der Waals surface area contributed by atoms with Gasteiger partial charge in [0.2, 0.25) is 15.9 Å². The van der Waals surface area contributed by atoms with Gasteiger partial charge in [0.1, 0.15) is 11.9 Å². The number of sulfonamides is 1. The van der Waals surface area contributed by atoms with Crippen molar-refractivity contribution in [3.8, 4) is 6.07 Å². The van der Waals surface area contributed by atoms with E-state index in [0.29, 0.717) is 0 Å². The summed E-state index contributed by atoms with van der Waals surface area (Å²) < 4.78 is 38.6. The molecule has 1 amide bonds. The van der Waals surface area contributed by atoms with E-state index >= 15 is 0 Å². The van der Waals surface area contributed by atoms with Crippen molar-refractivity contribution in [2.75, 3.05) is 13.6 Å². The van der Waals surface area contributed by atoms with Crippen molar-refractivity contribution in [3.05, 3.63) is 29.6 Å². The second-order valence-electron chi connectivity index (χ2n) is 4.86. The molecule has 1 aliphatic carbocycles. The van der Waals surface area contributed by atoms with E-state index in [4.69, 9.17) is 5.26 Å². The average Bonchev–Trinajstić information content (AvgIpc) is 3.22. The molecule has 0 saturated heterocycles. The summed E-state index contributed by atoms with van der Waals surface area (Å²) in [6.07, 6.45) is 1.82. The summed E-state index contributed by atoms with van der Waals surface area (Å²) in [7, 11) is -2.68. The van der Waals surface area contributed by atoms with E-state index < -0.39 is 15.8 Å². The second-order valence-corrected chi connectivity index (χ2v) is 6.90. The first-order valence-electron chi connectivity index (χ1n) is 6.30. The van der Waals surface area contributed by atoms with E-state index in [1.54, 1.807) is 6.07 Å². The zero-order valence-corrected chi connectivity index (χ0v) is 12.2. The van der Waals surface area contributed by atoms with Crippen LogP contribution in [0.4, 0.5) is 4.39 Å². The summed E-state index contributed by atoms with van der Waals surface area (Å²) in [5.41, 5.74) is -0.355. The summed E-state index contributed by atoms with van der Waals surface area (Å²) in [6.45, 7) is -0.321. The van der Waals surface area contributed by atoms with E-state index in [1.807, 2.05) is 0 Å². The van der Waals surface area contributed by atoms with Crippen molar-refractivity contribution in [1.82, 2.24) is 9.62 Å². The maximum atomic E-state index is 13.2. The lowest BCUT2D eigenvalue weighted by Gasteiger charge is -2.17. The molecule has 1 aromatic rings. The van der Waals surface area contributed by atoms with Crippen LogP contribution in [0.1, 0.15) is 18.4 Å². The quantitative estimate of drug-likeness (QED) is 0.862. The Hall–Kier alpha value is -1.98. The molecule has 0 atom stereocenters. The van der Waals surface area contributed by atoms with E-state index in [1.165, 1.54) is 7.05 Å². The predicted molar refractivity (Wildman–Crippen MR) is 72.1 cm³/mol. The van der Waals surface area contributed by atoms with Crippen LogP contribution in [0.2, 0.25) is 0 Å². The molecule has 1 saturated carbocycles. The van der Waals surface area contributed by atoms with Crippen molar-refractivity contribution in [1.29, 1.82) is 5.26 Å². The van der Waals surface area contributed by atoms with Crippen LogP contribution >= 0.6 is 0 Å². The van der Waals surface area contributed by atoms with Crippen LogP contribution < -0.4 is 5.32 Å². The third kappa shape index (κ3) is 3.56. The molecule has 21 heavy (non-hydrogen) atoms. The Morgan fingerprint density at radius 2 is 2.19 bits per heavy atom. The topological polar surface area (TPSA) is 90.3 Å². The van der Waals surface area contributed by atoms with Crippen molar-refractivity contribution < 1.29 is 17.6 Å². The van der Waals surface area contributed by atoms with Crippen molar-refractivity contribution in [2.45, 2.75) is 23.8 Å². The lowest BCUT2D eigenvalue weighted by Crippen LogP contribution is -2.39. The second kappa shape index (κ2) is 5.79. The van der Waals surface area contributed by atoms with E-state index in [9.17, 15) is 17.6 Å². The minimum Gasteiger partial charge on any atom is -0.352 e. The molecule has 1 N–H and O–H groups in total. The molecule has 0 radical (unpaired) electrons. The maximum Gasteiger partial charge on any atom is 0.243 e. The van der Waals surface area contributed by atoms with Gasteiger partial charge in [-0.05, 0) is 31.0 Å². The Bertz CT molecular complexity index is 708. The molecule has 0 heterocycles. The van der Waals surface area contributed by atoms with Crippen molar-refractivity contribution in [3.63, 3.8) is 0 Å². The molecule has 2 rings (SSSR count). The SMILES string of the molecule is CN(CC(=O)NC1CC1)S(=O)(=O)c1ccc(F)c(C#N)c1. The number of hydrogen-bond acceptors (Lipinski definition) is 4. The standard InChI is InChI=1S/C13H14FN3O3S/c1-17(8-13(18)16-10-2-3-10)21(19,20)11-4-5-12(14)9(6-11)7-15/h4-6,10H,2-3,8H2,1H3,(H,16,18). The summed E-state index contributed by atoms with van der Waals surface area (Å²) >= 11 is 0. The Labute approximate surface area is 122 Å². The van der Waals surface area contributed by atoms with Crippen LogP contribution in [0.15, 0.2) is 23.1 Å². The summed E-state index contributed by atoms with van der Waals surface area (Å²) in [5.74, 6) is -1.17. The first-order valence-corrected chi connectivity index (χ1v) is 7.74. The number of nitrogens with zero attached hydrogens (tertiary/aromatic N) is 2. The number of benzene rings is 1. The molecule has 6 nitrogen and oxygen atoms in total. The van der Waals surface area contributed by atoms with Crippen LogP contribution in [0, 0.1) is 17.1 Å². The van der Waals surface area contributed by atoms with Gasteiger partial charge in [0.05, 0.1) is 17.0 Å². The molecule has 1 aliphatic rings. The highest BCUT2D eigenvalue weighted by Crippen LogP contribution is 2.20. The van der Waals surface area contributed by atoms with Gasteiger partial charge in [-0.3, -0.25) is 4.79 Å². The summed E-state index contributed by atoms with van der Waals surface area (Å²) in [5, 5.41) is 11.4.